The van der Waals surface area contributed by atoms with E-state index < -0.39 is 0 Å². The summed E-state index contributed by atoms with van der Waals surface area (Å²) < 4.78 is 11.6. The molecule has 0 saturated carbocycles. The molecule has 0 heterocycles. The number of rotatable bonds is 16. The minimum atomic E-state index is -0.351. The fourth-order valence-electron chi connectivity index (χ4n) is 4.45. The SMILES string of the molecule is CCCCCCCCOC(C)c1ccc(C(=O)Oc2ccc(-c3ccc(CCCCC)cc3)cc2)cc1. The van der Waals surface area contributed by atoms with E-state index in [0.29, 0.717) is 11.3 Å². The Kier molecular flexibility index (Phi) is 12.4. The van der Waals surface area contributed by atoms with Crippen LogP contribution in [0.15, 0.2) is 72.8 Å². The van der Waals surface area contributed by atoms with E-state index in [9.17, 15) is 4.79 Å². The van der Waals surface area contributed by atoms with Crippen LogP contribution in [0.25, 0.3) is 11.1 Å². The van der Waals surface area contributed by atoms with Gasteiger partial charge in [-0.3, -0.25) is 0 Å². The van der Waals surface area contributed by atoms with Gasteiger partial charge < -0.3 is 9.47 Å². The highest BCUT2D eigenvalue weighted by molar-refractivity contribution is 5.91. The van der Waals surface area contributed by atoms with Gasteiger partial charge in [0.05, 0.1) is 11.7 Å². The molecule has 37 heavy (non-hydrogen) atoms. The molecule has 0 aliphatic rings. The van der Waals surface area contributed by atoms with Gasteiger partial charge in [0.15, 0.2) is 0 Å². The summed E-state index contributed by atoms with van der Waals surface area (Å²) in [5, 5.41) is 0. The van der Waals surface area contributed by atoms with Crippen LogP contribution >= 0.6 is 0 Å². The summed E-state index contributed by atoms with van der Waals surface area (Å²) in [6.07, 6.45) is 12.4. The van der Waals surface area contributed by atoms with Crippen LogP contribution in [0.1, 0.15) is 106 Å². The van der Waals surface area contributed by atoms with Crippen molar-refractivity contribution in [2.45, 2.75) is 91.1 Å². The molecule has 0 aliphatic heterocycles. The predicted molar refractivity (Wildman–Crippen MR) is 154 cm³/mol. The molecule has 0 radical (unpaired) electrons. The highest BCUT2D eigenvalue weighted by Gasteiger charge is 2.11. The van der Waals surface area contributed by atoms with Gasteiger partial charge in [-0.15, -0.1) is 0 Å². The monoisotopic (exact) mass is 500 g/mol. The summed E-state index contributed by atoms with van der Waals surface area (Å²) in [5.41, 5.74) is 5.27. The van der Waals surface area contributed by atoms with E-state index in [1.54, 1.807) is 0 Å². The number of carbonyl (C=O) groups excluding carboxylic acids is 1. The molecule has 0 aromatic heterocycles. The van der Waals surface area contributed by atoms with E-state index in [4.69, 9.17) is 9.47 Å². The second-order valence-corrected chi connectivity index (χ2v) is 9.97. The van der Waals surface area contributed by atoms with E-state index in [1.165, 1.54) is 62.5 Å². The zero-order valence-corrected chi connectivity index (χ0v) is 23.0. The van der Waals surface area contributed by atoms with Gasteiger partial charge in [-0.2, -0.15) is 0 Å². The van der Waals surface area contributed by atoms with Crippen molar-refractivity contribution in [3.05, 3.63) is 89.5 Å². The van der Waals surface area contributed by atoms with Crippen molar-refractivity contribution in [1.29, 1.82) is 0 Å². The first-order chi connectivity index (χ1) is 18.1. The molecule has 0 amide bonds. The van der Waals surface area contributed by atoms with E-state index in [0.717, 1.165) is 30.6 Å². The first-order valence-electron chi connectivity index (χ1n) is 14.2. The molecule has 0 spiro atoms. The molecule has 0 bridgehead atoms. The molecule has 0 N–H and O–H groups in total. The lowest BCUT2D eigenvalue weighted by Gasteiger charge is -2.14. The Labute approximate surface area is 224 Å². The average molecular weight is 501 g/mol. The van der Waals surface area contributed by atoms with Crippen molar-refractivity contribution in [2.24, 2.45) is 0 Å². The smallest absolute Gasteiger partial charge is 0.343 e. The molecule has 1 atom stereocenters. The van der Waals surface area contributed by atoms with Crippen LogP contribution in [-0.4, -0.2) is 12.6 Å². The normalized spacial score (nSPS) is 11.9. The van der Waals surface area contributed by atoms with Gasteiger partial charge in [-0.25, -0.2) is 4.79 Å². The summed E-state index contributed by atoms with van der Waals surface area (Å²) >= 11 is 0. The highest BCUT2D eigenvalue weighted by Crippen LogP contribution is 2.24. The lowest BCUT2D eigenvalue weighted by atomic mass is 10.0. The standard InChI is InChI=1S/C34H44O3/c1-4-6-8-9-10-12-26-36-27(3)29-18-20-32(21-19-29)34(35)37-33-24-22-31(23-25-33)30-16-14-28(15-17-30)13-11-7-5-2/h14-25,27H,4-13,26H2,1-3H3. The number of hydrogen-bond donors (Lipinski definition) is 0. The Morgan fingerprint density at radius 3 is 1.89 bits per heavy atom. The minimum Gasteiger partial charge on any atom is -0.423 e. The van der Waals surface area contributed by atoms with Gasteiger partial charge >= 0.3 is 5.97 Å². The van der Waals surface area contributed by atoms with Gasteiger partial charge in [-0.05, 0) is 72.7 Å². The molecular formula is C34H44O3. The van der Waals surface area contributed by atoms with Crippen LogP contribution in [0.4, 0.5) is 0 Å². The minimum absolute atomic E-state index is 0.0127. The summed E-state index contributed by atoms with van der Waals surface area (Å²) in [4.78, 5) is 12.7. The van der Waals surface area contributed by atoms with Gasteiger partial charge in [-0.1, -0.05) is 107 Å². The van der Waals surface area contributed by atoms with Crippen molar-refractivity contribution < 1.29 is 14.3 Å². The number of carbonyl (C=O) groups is 1. The molecule has 3 aromatic rings. The highest BCUT2D eigenvalue weighted by atomic mass is 16.5. The van der Waals surface area contributed by atoms with Crippen molar-refractivity contribution in [2.75, 3.05) is 6.61 Å². The third kappa shape index (κ3) is 9.81. The fourth-order valence-corrected chi connectivity index (χ4v) is 4.45. The van der Waals surface area contributed by atoms with E-state index >= 15 is 0 Å². The Balaban J connectivity index is 1.46. The number of esters is 1. The van der Waals surface area contributed by atoms with Crippen LogP contribution in [-0.2, 0) is 11.2 Å². The second kappa shape index (κ2) is 16.0. The molecule has 0 fully saturated rings. The lowest BCUT2D eigenvalue weighted by molar-refractivity contribution is 0.0626. The number of hydrogen-bond acceptors (Lipinski definition) is 3. The van der Waals surface area contributed by atoms with Crippen LogP contribution in [0.3, 0.4) is 0 Å². The second-order valence-electron chi connectivity index (χ2n) is 9.97. The van der Waals surface area contributed by atoms with Gasteiger partial charge in [0.25, 0.3) is 0 Å². The number of ether oxygens (including phenoxy) is 2. The zero-order chi connectivity index (χ0) is 26.3. The van der Waals surface area contributed by atoms with E-state index in [-0.39, 0.29) is 12.1 Å². The van der Waals surface area contributed by atoms with Crippen molar-refractivity contribution in [3.63, 3.8) is 0 Å². The van der Waals surface area contributed by atoms with Crippen LogP contribution < -0.4 is 4.74 Å². The van der Waals surface area contributed by atoms with Gasteiger partial charge in [0.1, 0.15) is 5.75 Å². The Hall–Kier alpha value is -2.91. The average Bonchev–Trinajstić information content (AvgIpc) is 2.93. The Morgan fingerprint density at radius 1 is 0.676 bits per heavy atom. The molecule has 3 nitrogen and oxygen atoms in total. The molecule has 1 unspecified atom stereocenters. The number of aryl methyl sites for hydroxylation is 1. The Bertz CT molecular complexity index is 1040. The quantitative estimate of drug-likeness (QED) is 0.111. The lowest BCUT2D eigenvalue weighted by Crippen LogP contribution is -2.09. The molecule has 3 heteroatoms. The van der Waals surface area contributed by atoms with Crippen molar-refractivity contribution in [3.8, 4) is 16.9 Å². The van der Waals surface area contributed by atoms with Crippen LogP contribution in [0.5, 0.6) is 5.75 Å². The van der Waals surface area contributed by atoms with Crippen LogP contribution in [0.2, 0.25) is 0 Å². The molecule has 3 rings (SSSR count). The van der Waals surface area contributed by atoms with E-state index in [1.807, 2.05) is 48.5 Å². The Morgan fingerprint density at radius 2 is 1.24 bits per heavy atom. The third-order valence-corrected chi connectivity index (χ3v) is 6.90. The maximum absolute atomic E-state index is 12.7. The third-order valence-electron chi connectivity index (χ3n) is 6.90. The number of benzene rings is 3. The zero-order valence-electron chi connectivity index (χ0n) is 23.0. The maximum atomic E-state index is 12.7. The summed E-state index contributed by atoms with van der Waals surface area (Å²) in [6.45, 7) is 7.31. The summed E-state index contributed by atoms with van der Waals surface area (Å²) in [5.74, 6) is 0.195. The topological polar surface area (TPSA) is 35.5 Å². The molecule has 198 valence electrons. The number of unbranched alkanes of at least 4 members (excludes halogenated alkanes) is 7. The van der Waals surface area contributed by atoms with Gasteiger partial charge in [0.2, 0.25) is 0 Å². The molecular weight excluding hydrogens is 456 g/mol. The summed E-state index contributed by atoms with van der Waals surface area (Å²) in [7, 11) is 0. The molecule has 0 saturated heterocycles. The largest absolute Gasteiger partial charge is 0.423 e. The maximum Gasteiger partial charge on any atom is 0.343 e. The van der Waals surface area contributed by atoms with E-state index in [2.05, 4.69) is 45.0 Å². The van der Waals surface area contributed by atoms with Crippen LogP contribution in [0, 0.1) is 0 Å². The van der Waals surface area contributed by atoms with Gasteiger partial charge in [0, 0.05) is 6.61 Å². The summed E-state index contributed by atoms with van der Waals surface area (Å²) in [6, 6.07) is 24.0. The predicted octanol–water partition coefficient (Wildman–Crippen LogP) is 9.74. The van der Waals surface area contributed by atoms with Crippen molar-refractivity contribution >= 4 is 5.97 Å². The molecule has 3 aromatic carbocycles. The first kappa shape index (κ1) is 28.7. The first-order valence-corrected chi connectivity index (χ1v) is 14.2. The fraction of sp³-hybridized carbons (Fsp3) is 0.441. The van der Waals surface area contributed by atoms with Crippen molar-refractivity contribution in [1.82, 2.24) is 0 Å². The molecule has 0 aliphatic carbocycles.